The van der Waals surface area contributed by atoms with Gasteiger partial charge in [-0.05, 0) is 91.3 Å². The lowest BCUT2D eigenvalue weighted by Gasteiger charge is -2.33. The van der Waals surface area contributed by atoms with Gasteiger partial charge < -0.3 is 66.7 Å². The van der Waals surface area contributed by atoms with E-state index in [1.54, 1.807) is 19.3 Å². The topological polar surface area (TPSA) is 335 Å². The second kappa shape index (κ2) is 37.5. The molecule has 3 N–H and O–H groups in total. The van der Waals surface area contributed by atoms with Crippen LogP contribution in [0, 0.1) is 5.41 Å². The van der Waals surface area contributed by atoms with E-state index in [1.165, 1.54) is 12.1 Å². The number of carbonyl (C=O) groups excluding carboxylic acids is 3. The molecule has 89 heavy (non-hydrogen) atoms. The number of hydrogen-bond donors (Lipinski definition) is 3. The lowest BCUT2D eigenvalue weighted by molar-refractivity contribution is -0.198. The fourth-order valence-electron chi connectivity index (χ4n) is 9.76. The molecular formula is C59H89N3O24S3. The number of amides is 2. The first-order valence-corrected chi connectivity index (χ1v) is 34.2. The van der Waals surface area contributed by atoms with Crippen LogP contribution in [0.4, 0.5) is 11.4 Å². The molecule has 0 radical (unpaired) electrons. The van der Waals surface area contributed by atoms with E-state index in [0.29, 0.717) is 87.2 Å². The zero-order chi connectivity index (χ0) is 64.9. The van der Waals surface area contributed by atoms with Crippen molar-refractivity contribution in [1.29, 1.82) is 0 Å². The predicted molar refractivity (Wildman–Crippen MR) is 326 cm³/mol. The molecule has 2 aromatic carbocycles. The van der Waals surface area contributed by atoms with E-state index in [2.05, 4.69) is 20.8 Å². The summed E-state index contributed by atoms with van der Waals surface area (Å²) in [7, 11) is -11.7. The number of benzene rings is 2. The van der Waals surface area contributed by atoms with Crippen LogP contribution in [0.5, 0.6) is 5.75 Å². The monoisotopic (exact) mass is 1320 g/mol. The first-order chi connectivity index (χ1) is 42.3. The maximum atomic E-state index is 12.5. The zero-order valence-corrected chi connectivity index (χ0v) is 54.0. The minimum absolute atomic E-state index is 0.00328. The molecule has 3 aliphatic rings. The van der Waals surface area contributed by atoms with Crippen LogP contribution in [0.25, 0.3) is 5.57 Å². The summed E-state index contributed by atoms with van der Waals surface area (Å²) in [5.41, 5.74) is 2.90. The highest BCUT2D eigenvalue weighted by atomic mass is 32.2. The average Bonchev–Trinajstić information content (AvgIpc) is 1.68. The SMILES string of the molecule is COCCOCCOCCOCCOCCN(CCCS(=O)(=O)O)c1ccc2c(c1)OC(/C=C/C=C1/N(CCOCCOCCOCCOCCOCCC(=O)ON3C(=O)CCC3=O)c3ccc(S(=O)(=O)O)cc3C1(C)CCCS(=O)(=O)O)C=C2C(C)(C)C. The highest BCUT2D eigenvalue weighted by Gasteiger charge is 2.44. The average molecular weight is 1320 g/mol. The molecule has 0 spiro atoms. The standard InChI is InChI=1S/C59H89N3O24S3/c1-58(2,3)50-44-47(85-53-43-46(11-13-49(50)53)60(19-8-42-88(69,70)71)20-23-77-28-31-81-36-39-83-34-33-79-26-25-75-5)9-6-10-54-59(4,18-7-41-87(66,67)68)51-45-48(89(72,73)74)12-14-52(51)61(54)21-24-78-29-32-82-37-40-84-38-35-80-30-27-76-22-17-57(65)86-62-55(63)15-16-56(62)64/h6,9-14,43-45,47H,7-8,15-42H2,1-5H3,(H,66,67,68)(H,69,70,71)(H,72,73,74)/b9-6+,54-10+. The first kappa shape index (κ1) is 74.7. The number of carbonyl (C=O) groups is 3. The van der Waals surface area contributed by atoms with Crippen LogP contribution in [0.15, 0.2) is 71.3 Å². The summed E-state index contributed by atoms with van der Waals surface area (Å²) < 4.78 is 164. The molecule has 3 aliphatic heterocycles. The molecular weight excluding hydrogens is 1230 g/mol. The molecule has 1 fully saturated rings. The zero-order valence-electron chi connectivity index (χ0n) is 51.5. The van der Waals surface area contributed by atoms with Crippen LogP contribution >= 0.6 is 0 Å². The van der Waals surface area contributed by atoms with Crippen molar-refractivity contribution < 1.29 is 110 Å². The van der Waals surface area contributed by atoms with E-state index in [4.69, 9.17) is 56.9 Å². The Bertz CT molecular complexity index is 2990. The summed E-state index contributed by atoms with van der Waals surface area (Å²) >= 11 is 0. The van der Waals surface area contributed by atoms with E-state index in [9.17, 15) is 53.3 Å². The van der Waals surface area contributed by atoms with Gasteiger partial charge in [-0.2, -0.15) is 25.3 Å². The van der Waals surface area contributed by atoms with E-state index in [1.807, 2.05) is 53.2 Å². The summed E-state index contributed by atoms with van der Waals surface area (Å²) in [5.74, 6) is -2.29. The Kier molecular flexibility index (Phi) is 31.5. The van der Waals surface area contributed by atoms with Gasteiger partial charge in [0.15, 0.2) is 0 Å². The Hall–Kier alpha value is -5.00. The van der Waals surface area contributed by atoms with Gasteiger partial charge in [0.1, 0.15) is 11.9 Å². The lowest BCUT2D eigenvalue weighted by atomic mass is 9.77. The van der Waals surface area contributed by atoms with Gasteiger partial charge in [-0.25, -0.2) is 4.79 Å². The van der Waals surface area contributed by atoms with E-state index < -0.39 is 71.2 Å². The Morgan fingerprint density at radius 1 is 0.674 bits per heavy atom. The molecule has 2 atom stereocenters. The number of ether oxygens (including phenoxy) is 11. The maximum Gasteiger partial charge on any atom is 0.335 e. The van der Waals surface area contributed by atoms with Crippen LogP contribution in [0.2, 0.25) is 0 Å². The number of nitrogens with zero attached hydrogens (tertiary/aromatic N) is 3. The Morgan fingerprint density at radius 3 is 1.72 bits per heavy atom. The predicted octanol–water partition coefficient (Wildman–Crippen LogP) is 4.89. The van der Waals surface area contributed by atoms with Gasteiger partial charge in [-0.15, -0.1) is 5.06 Å². The second-order valence-corrected chi connectivity index (χ2v) is 26.5. The van der Waals surface area contributed by atoms with Crippen LogP contribution < -0.4 is 14.5 Å². The smallest absolute Gasteiger partial charge is 0.335 e. The Balaban J connectivity index is 1.20. The van der Waals surface area contributed by atoms with Crippen molar-refractivity contribution in [3.05, 3.63) is 77.5 Å². The maximum absolute atomic E-state index is 12.5. The molecule has 2 aromatic rings. The van der Waals surface area contributed by atoms with Crippen LogP contribution in [-0.4, -0.2) is 232 Å². The summed E-state index contributed by atoms with van der Waals surface area (Å²) in [4.78, 5) is 43.4. The Morgan fingerprint density at radius 2 is 1.19 bits per heavy atom. The number of imide groups is 1. The summed E-state index contributed by atoms with van der Waals surface area (Å²) in [6.07, 6.45) is 7.05. The van der Waals surface area contributed by atoms with Crippen molar-refractivity contribution in [1.82, 2.24) is 5.06 Å². The van der Waals surface area contributed by atoms with Crippen LogP contribution in [-0.2, 0) is 102 Å². The number of fused-ring (bicyclic) bond motifs is 2. The Labute approximate surface area is 523 Å². The quantitative estimate of drug-likeness (QED) is 0.0451. The van der Waals surface area contributed by atoms with Crippen LogP contribution in [0.1, 0.15) is 77.3 Å². The van der Waals surface area contributed by atoms with E-state index >= 15 is 0 Å². The number of hydroxylamine groups is 2. The van der Waals surface area contributed by atoms with Crippen LogP contribution in [0.3, 0.4) is 0 Å². The highest BCUT2D eigenvalue weighted by Crippen LogP contribution is 2.51. The van der Waals surface area contributed by atoms with Crippen molar-refractivity contribution >= 4 is 65.1 Å². The highest BCUT2D eigenvalue weighted by molar-refractivity contribution is 7.86. The summed E-state index contributed by atoms with van der Waals surface area (Å²) in [5, 5.41) is 0.488. The molecule has 30 heteroatoms. The molecule has 0 saturated carbocycles. The van der Waals surface area contributed by atoms with Crippen molar-refractivity contribution in [2.24, 2.45) is 5.41 Å². The third-order valence-electron chi connectivity index (χ3n) is 14.1. The molecule has 0 bridgehead atoms. The van der Waals surface area contributed by atoms with Crippen molar-refractivity contribution in [3.63, 3.8) is 0 Å². The van der Waals surface area contributed by atoms with Crippen molar-refractivity contribution in [2.75, 3.05) is 174 Å². The summed E-state index contributed by atoms with van der Waals surface area (Å²) in [6.45, 7) is 14.8. The van der Waals surface area contributed by atoms with Gasteiger partial charge in [0.2, 0.25) is 0 Å². The second-order valence-electron chi connectivity index (χ2n) is 22.0. The van der Waals surface area contributed by atoms with Crippen molar-refractivity contribution in [3.8, 4) is 5.75 Å². The fourth-order valence-corrected chi connectivity index (χ4v) is 11.3. The molecule has 0 aromatic heterocycles. The normalized spacial score (nSPS) is 17.6. The third kappa shape index (κ3) is 26.6. The molecule has 5 rings (SSSR count). The minimum atomic E-state index is -4.67. The number of allylic oxidation sites excluding steroid dienone is 4. The molecule has 3 heterocycles. The van der Waals surface area contributed by atoms with Gasteiger partial charge in [0.05, 0.1) is 148 Å². The van der Waals surface area contributed by atoms with Crippen molar-refractivity contribution in [2.45, 2.75) is 82.6 Å². The molecule has 502 valence electrons. The molecule has 2 amide bonds. The number of hydrogen-bond acceptors (Lipinski definition) is 23. The minimum Gasteiger partial charge on any atom is -0.482 e. The largest absolute Gasteiger partial charge is 0.482 e. The van der Waals surface area contributed by atoms with Gasteiger partial charge in [0.25, 0.3) is 42.2 Å². The number of rotatable bonds is 46. The number of anilines is 2. The van der Waals surface area contributed by atoms with E-state index in [-0.39, 0.29) is 135 Å². The van der Waals surface area contributed by atoms with E-state index in [0.717, 1.165) is 16.8 Å². The fraction of sp³-hybridized carbons (Fsp3) is 0.644. The summed E-state index contributed by atoms with van der Waals surface area (Å²) in [6, 6.07) is 10.0. The third-order valence-corrected chi connectivity index (χ3v) is 16.6. The molecule has 2 unspecified atom stereocenters. The molecule has 27 nitrogen and oxygen atoms in total. The first-order valence-electron chi connectivity index (χ1n) is 29.5. The van der Waals surface area contributed by atoms with Gasteiger partial charge >= 0.3 is 5.97 Å². The lowest BCUT2D eigenvalue weighted by Crippen LogP contribution is -2.32. The van der Waals surface area contributed by atoms with Gasteiger partial charge in [0, 0.05) is 73.7 Å². The molecule has 0 aliphatic carbocycles. The van der Waals surface area contributed by atoms with Gasteiger partial charge in [-0.3, -0.25) is 23.2 Å². The van der Waals surface area contributed by atoms with Gasteiger partial charge in [-0.1, -0.05) is 26.8 Å². The molecule has 1 saturated heterocycles. The number of methoxy groups -OCH3 is 1.